The number of rotatable bonds is 4. The van der Waals surface area contributed by atoms with E-state index in [4.69, 9.17) is 0 Å². The summed E-state index contributed by atoms with van der Waals surface area (Å²) in [6.45, 7) is 1.82. The van der Waals surface area contributed by atoms with Gasteiger partial charge in [-0.15, -0.1) is 0 Å². The Morgan fingerprint density at radius 2 is 1.75 bits per heavy atom. The molecular weight excluding hydrogens is 397 g/mol. The predicted molar refractivity (Wildman–Crippen MR) is 94.2 cm³/mol. The highest BCUT2D eigenvalue weighted by Crippen LogP contribution is 2.25. The van der Waals surface area contributed by atoms with Gasteiger partial charge in [-0.3, -0.25) is 4.79 Å². The van der Waals surface area contributed by atoms with Crippen molar-refractivity contribution in [3.05, 3.63) is 63.9 Å². The standard InChI is InChI=1S/C17H17BrFNO3S/c1-11(12-4-7-14(8-5-12)24(3,22)23)20(2)17(21)15-10-13(19)6-9-16(15)18/h4-11H,1-3H3/t11-/m0/s1. The summed E-state index contributed by atoms with van der Waals surface area (Å²) in [7, 11) is -1.64. The normalized spacial score (nSPS) is 12.7. The van der Waals surface area contributed by atoms with E-state index in [1.54, 1.807) is 19.2 Å². The third kappa shape index (κ3) is 4.02. The molecule has 0 aliphatic carbocycles. The van der Waals surface area contributed by atoms with E-state index in [0.29, 0.717) is 4.47 Å². The van der Waals surface area contributed by atoms with Crippen molar-refractivity contribution in [3.63, 3.8) is 0 Å². The first-order valence-corrected chi connectivity index (χ1v) is 9.82. The van der Waals surface area contributed by atoms with E-state index in [-0.39, 0.29) is 22.4 Å². The molecule has 0 saturated carbocycles. The molecule has 2 rings (SSSR count). The van der Waals surface area contributed by atoms with E-state index >= 15 is 0 Å². The highest BCUT2D eigenvalue weighted by Gasteiger charge is 2.21. The number of benzene rings is 2. The summed E-state index contributed by atoms with van der Waals surface area (Å²) in [5.74, 6) is -0.818. The summed E-state index contributed by atoms with van der Waals surface area (Å²) in [4.78, 5) is 14.3. The highest BCUT2D eigenvalue weighted by atomic mass is 79.9. The molecule has 4 nitrogen and oxygen atoms in total. The van der Waals surface area contributed by atoms with Crippen LogP contribution in [0.5, 0.6) is 0 Å². The molecule has 0 aliphatic heterocycles. The summed E-state index contributed by atoms with van der Waals surface area (Å²) in [5.41, 5.74) is 1.02. The smallest absolute Gasteiger partial charge is 0.255 e. The quantitative estimate of drug-likeness (QED) is 0.765. The van der Waals surface area contributed by atoms with Crippen molar-refractivity contribution >= 4 is 31.7 Å². The zero-order chi connectivity index (χ0) is 18.1. The van der Waals surface area contributed by atoms with Crippen molar-refractivity contribution in [1.82, 2.24) is 4.90 Å². The molecular formula is C17H17BrFNO3S. The van der Waals surface area contributed by atoms with Gasteiger partial charge < -0.3 is 4.90 Å². The van der Waals surface area contributed by atoms with Crippen LogP contribution < -0.4 is 0 Å². The monoisotopic (exact) mass is 413 g/mol. The summed E-state index contributed by atoms with van der Waals surface area (Å²) in [6, 6.07) is 10.0. The third-order valence-electron chi connectivity index (χ3n) is 3.85. The average molecular weight is 414 g/mol. The summed E-state index contributed by atoms with van der Waals surface area (Å²) in [5, 5.41) is 0. The molecule has 0 saturated heterocycles. The van der Waals surface area contributed by atoms with Crippen molar-refractivity contribution in [2.45, 2.75) is 17.9 Å². The minimum absolute atomic E-state index is 0.223. The molecule has 2 aromatic rings. The number of nitrogens with zero attached hydrogens (tertiary/aromatic N) is 1. The minimum Gasteiger partial charge on any atom is -0.335 e. The van der Waals surface area contributed by atoms with Crippen molar-refractivity contribution in [2.75, 3.05) is 13.3 Å². The average Bonchev–Trinajstić information content (AvgIpc) is 2.54. The number of halogens is 2. The Balaban J connectivity index is 2.27. The number of carbonyl (C=O) groups excluding carboxylic acids is 1. The van der Waals surface area contributed by atoms with Gasteiger partial charge in [0, 0.05) is 17.8 Å². The molecule has 0 radical (unpaired) electrons. The fraction of sp³-hybridized carbons (Fsp3) is 0.235. The predicted octanol–water partition coefficient (Wildman–Crippen LogP) is 3.82. The van der Waals surface area contributed by atoms with Crippen LogP contribution in [-0.4, -0.2) is 32.5 Å². The Bertz CT molecular complexity index is 866. The Morgan fingerprint density at radius 1 is 1.17 bits per heavy atom. The molecule has 1 atom stereocenters. The first-order chi connectivity index (χ1) is 11.1. The molecule has 0 N–H and O–H groups in total. The van der Waals surface area contributed by atoms with Crippen LogP contribution in [0.15, 0.2) is 51.8 Å². The van der Waals surface area contributed by atoms with E-state index in [9.17, 15) is 17.6 Å². The zero-order valence-electron chi connectivity index (χ0n) is 13.5. The molecule has 0 fully saturated rings. The lowest BCUT2D eigenvalue weighted by molar-refractivity contribution is 0.0741. The Morgan fingerprint density at radius 3 is 2.29 bits per heavy atom. The van der Waals surface area contributed by atoms with Crippen molar-refractivity contribution in [3.8, 4) is 0 Å². The number of carbonyl (C=O) groups is 1. The lowest BCUT2D eigenvalue weighted by Gasteiger charge is -2.26. The molecule has 0 spiro atoms. The maximum atomic E-state index is 13.4. The van der Waals surface area contributed by atoms with E-state index in [1.807, 2.05) is 6.92 Å². The zero-order valence-corrected chi connectivity index (χ0v) is 15.9. The third-order valence-corrected chi connectivity index (χ3v) is 5.67. The van der Waals surface area contributed by atoms with Gasteiger partial charge in [0.05, 0.1) is 16.5 Å². The molecule has 2 aromatic carbocycles. The number of amides is 1. The van der Waals surface area contributed by atoms with Gasteiger partial charge in [-0.05, 0) is 58.7 Å². The SMILES string of the molecule is C[C@@H](c1ccc(S(C)(=O)=O)cc1)N(C)C(=O)c1cc(F)ccc1Br. The van der Waals surface area contributed by atoms with Crippen LogP contribution in [0.2, 0.25) is 0 Å². The van der Waals surface area contributed by atoms with Crippen LogP contribution in [0.4, 0.5) is 4.39 Å². The van der Waals surface area contributed by atoms with Gasteiger partial charge in [0.15, 0.2) is 9.84 Å². The van der Waals surface area contributed by atoms with Gasteiger partial charge in [0.1, 0.15) is 5.82 Å². The van der Waals surface area contributed by atoms with E-state index in [2.05, 4.69) is 15.9 Å². The van der Waals surface area contributed by atoms with Gasteiger partial charge in [-0.2, -0.15) is 0 Å². The lowest BCUT2D eigenvalue weighted by atomic mass is 10.1. The van der Waals surface area contributed by atoms with Crippen LogP contribution in [0.25, 0.3) is 0 Å². The fourth-order valence-corrected chi connectivity index (χ4v) is 3.29. The summed E-state index contributed by atoms with van der Waals surface area (Å²) < 4.78 is 36.9. The van der Waals surface area contributed by atoms with E-state index in [1.165, 1.54) is 35.2 Å². The molecule has 128 valence electrons. The molecule has 0 bridgehead atoms. The molecule has 0 unspecified atom stereocenters. The fourth-order valence-electron chi connectivity index (χ4n) is 2.24. The van der Waals surface area contributed by atoms with Crippen LogP contribution in [0.1, 0.15) is 28.9 Å². The minimum atomic E-state index is -3.26. The maximum Gasteiger partial charge on any atom is 0.255 e. The van der Waals surface area contributed by atoms with Crippen LogP contribution >= 0.6 is 15.9 Å². The number of sulfone groups is 1. The molecule has 0 aromatic heterocycles. The van der Waals surface area contributed by atoms with Gasteiger partial charge in [-0.25, -0.2) is 12.8 Å². The lowest BCUT2D eigenvalue weighted by Crippen LogP contribution is -2.30. The Hall–Kier alpha value is -1.73. The van der Waals surface area contributed by atoms with Gasteiger partial charge in [-0.1, -0.05) is 12.1 Å². The highest BCUT2D eigenvalue weighted by molar-refractivity contribution is 9.10. The number of hydrogen-bond donors (Lipinski definition) is 0. The number of hydrogen-bond acceptors (Lipinski definition) is 3. The molecule has 7 heteroatoms. The van der Waals surface area contributed by atoms with E-state index < -0.39 is 15.7 Å². The van der Waals surface area contributed by atoms with Gasteiger partial charge in [0.2, 0.25) is 0 Å². The van der Waals surface area contributed by atoms with Crippen LogP contribution in [0, 0.1) is 5.82 Å². The summed E-state index contributed by atoms with van der Waals surface area (Å²) >= 11 is 3.26. The second-order valence-corrected chi connectivity index (χ2v) is 8.43. The van der Waals surface area contributed by atoms with Crippen molar-refractivity contribution < 1.29 is 17.6 Å². The summed E-state index contributed by atoms with van der Waals surface area (Å²) in [6.07, 6.45) is 1.14. The van der Waals surface area contributed by atoms with Crippen LogP contribution in [-0.2, 0) is 9.84 Å². The Kier molecular flexibility index (Phi) is 5.45. The molecule has 1 amide bonds. The molecule has 24 heavy (non-hydrogen) atoms. The second-order valence-electron chi connectivity index (χ2n) is 5.56. The molecule has 0 heterocycles. The topological polar surface area (TPSA) is 54.5 Å². The van der Waals surface area contributed by atoms with E-state index in [0.717, 1.165) is 11.8 Å². The molecule has 0 aliphatic rings. The maximum absolute atomic E-state index is 13.4. The van der Waals surface area contributed by atoms with Gasteiger partial charge >= 0.3 is 0 Å². The first kappa shape index (κ1) is 18.6. The Labute approximate surface area is 149 Å². The van der Waals surface area contributed by atoms with Gasteiger partial charge in [0.25, 0.3) is 5.91 Å². The second kappa shape index (κ2) is 7.03. The van der Waals surface area contributed by atoms with Crippen molar-refractivity contribution in [2.24, 2.45) is 0 Å². The van der Waals surface area contributed by atoms with Crippen LogP contribution in [0.3, 0.4) is 0 Å². The first-order valence-electron chi connectivity index (χ1n) is 7.13. The largest absolute Gasteiger partial charge is 0.335 e. The van der Waals surface area contributed by atoms with Crippen molar-refractivity contribution in [1.29, 1.82) is 0 Å².